The number of carboxylic acids is 2. The molecule has 0 aliphatic rings. The van der Waals surface area contributed by atoms with E-state index in [1.165, 1.54) is 31.0 Å². The summed E-state index contributed by atoms with van der Waals surface area (Å²) >= 11 is 1.12. The van der Waals surface area contributed by atoms with E-state index in [0.29, 0.717) is 0 Å². The summed E-state index contributed by atoms with van der Waals surface area (Å²) in [5, 5.41) is 44.3. The first-order valence-corrected chi connectivity index (χ1v) is 19.4. The van der Waals surface area contributed by atoms with Crippen LogP contribution in [-0.4, -0.2) is 152 Å². The molecule has 0 saturated heterocycles. The number of aliphatic carboxylic acids is 2. The molecule has 0 aromatic carbocycles. The van der Waals surface area contributed by atoms with Crippen LogP contribution in [0.15, 0.2) is 12.4 Å². The number of nitrogens with zero attached hydrogens (tertiary/aromatic N) is 6. The number of rotatable bonds is 25. The van der Waals surface area contributed by atoms with E-state index in [9.17, 15) is 51.0 Å². The van der Waals surface area contributed by atoms with Gasteiger partial charge in [-0.25, -0.2) is 22.5 Å². The Kier molecular flexibility index (Phi) is 17.6. The molecule has 0 fully saturated rings. The van der Waals surface area contributed by atoms with Gasteiger partial charge in [0.25, 0.3) is 0 Å². The quantitative estimate of drug-likeness (QED) is 0.0441. The molecule has 298 valence electrons. The van der Waals surface area contributed by atoms with E-state index >= 15 is 0 Å². The molecule has 8 N–H and O–H groups in total. The zero-order valence-electron chi connectivity index (χ0n) is 28.4. The molecular weight excluding hydrogens is 777 g/mol. The van der Waals surface area contributed by atoms with Gasteiger partial charge < -0.3 is 31.5 Å². The lowest BCUT2D eigenvalue weighted by molar-refractivity contribution is -0.142. The lowest BCUT2D eigenvalue weighted by Crippen LogP contribution is -2.58. The van der Waals surface area contributed by atoms with Crippen molar-refractivity contribution in [1.29, 1.82) is 0 Å². The van der Waals surface area contributed by atoms with Crippen molar-refractivity contribution in [3.63, 3.8) is 0 Å². The number of carbonyl (C=O) groups excluding carboxylic acids is 3. The molecule has 0 radical (unpaired) electrons. The number of nitrogens with one attached hydrogen (secondary N) is 4. The van der Waals surface area contributed by atoms with Gasteiger partial charge in [-0.1, -0.05) is 17.4 Å². The maximum absolute atomic E-state index is 13.7. The van der Waals surface area contributed by atoms with Crippen molar-refractivity contribution in [2.24, 2.45) is 5.92 Å². The van der Waals surface area contributed by atoms with Gasteiger partial charge in [-0.05, 0) is 19.7 Å². The van der Waals surface area contributed by atoms with E-state index in [1.54, 1.807) is 6.26 Å². The predicted octanol–water partition coefficient (Wildman–Crippen LogP) is -4.11. The van der Waals surface area contributed by atoms with Crippen LogP contribution >= 0.6 is 11.8 Å². The fraction of sp³-hybridized carbons (Fsp3) is 0.640. The standard InChI is InChI=1S/C25H40N10O15S3/c1-14(24(39)40)8-18(27-21(36)17(26-2)9-15-11-34(32-30-15)4-6-49-52(43,44)45)22(37)28-19(23(38)29-20(13-51-3)25(41)42)10-16-12-35(33-31-16)5-7-50-53(46,47)48/h11-12,14,17-20,26H,4-10,13H2,1-3H3,(H,27,36)(H,28,37)(H,29,38)(H,39,40)(H,41,42)(H,43,44,45)(H,46,47,48)/t14?,17?,18-,19-,20-/m0/s1. The minimum absolute atomic E-state index is 0.0436. The van der Waals surface area contributed by atoms with Gasteiger partial charge in [0.1, 0.15) is 18.1 Å². The average Bonchev–Trinajstić information content (AvgIpc) is 3.70. The monoisotopic (exact) mass is 816 g/mol. The van der Waals surface area contributed by atoms with Gasteiger partial charge in [0.15, 0.2) is 0 Å². The van der Waals surface area contributed by atoms with E-state index in [4.69, 9.17) is 9.11 Å². The highest BCUT2D eigenvalue weighted by Gasteiger charge is 2.33. The van der Waals surface area contributed by atoms with Crippen LogP contribution in [0, 0.1) is 5.92 Å². The summed E-state index contributed by atoms with van der Waals surface area (Å²) in [6.07, 6.45) is 3.26. The molecule has 3 amide bonds. The van der Waals surface area contributed by atoms with E-state index in [-0.39, 0.29) is 36.7 Å². The molecule has 2 rings (SSSR count). The van der Waals surface area contributed by atoms with Crippen molar-refractivity contribution in [1.82, 2.24) is 51.3 Å². The third-order valence-corrected chi connectivity index (χ3v) is 8.59. The van der Waals surface area contributed by atoms with E-state index < -0.39 is 107 Å². The molecular formula is C25H40N10O15S3. The largest absolute Gasteiger partial charge is 0.481 e. The van der Waals surface area contributed by atoms with Gasteiger partial charge >= 0.3 is 32.7 Å². The second-order valence-corrected chi connectivity index (χ2v) is 14.2. The molecule has 0 aliphatic heterocycles. The van der Waals surface area contributed by atoms with Crippen molar-refractivity contribution in [2.45, 2.75) is 63.4 Å². The molecule has 2 heterocycles. The smallest absolute Gasteiger partial charge is 0.397 e. The first kappa shape index (κ1) is 44.8. The van der Waals surface area contributed by atoms with Crippen molar-refractivity contribution in [3.05, 3.63) is 23.8 Å². The first-order valence-electron chi connectivity index (χ1n) is 15.3. The van der Waals surface area contributed by atoms with Crippen LogP contribution in [-0.2, 0) is 79.1 Å². The van der Waals surface area contributed by atoms with Gasteiger partial charge in [0.2, 0.25) is 17.7 Å². The highest BCUT2D eigenvalue weighted by molar-refractivity contribution is 7.98. The van der Waals surface area contributed by atoms with Crippen LogP contribution in [0.1, 0.15) is 24.7 Å². The second kappa shape index (κ2) is 20.8. The SMILES string of the molecule is CNC(Cc1cn(CCOS(=O)(=O)O)nn1)C(=O)N[C@@H](CC(C)C(=O)O)C(=O)N[C@@H](Cc1cn(CCOS(=O)(=O)O)nn1)C(=O)N[C@@H](CSC)C(=O)O. The van der Waals surface area contributed by atoms with Gasteiger partial charge in [-0.3, -0.25) is 28.3 Å². The molecule has 2 aromatic rings. The molecule has 5 atom stereocenters. The molecule has 2 unspecified atom stereocenters. The normalized spacial score (nSPS) is 14.7. The number of amides is 3. The number of thioether (sulfide) groups is 1. The Labute approximate surface area is 306 Å². The van der Waals surface area contributed by atoms with Crippen molar-refractivity contribution >= 4 is 62.2 Å². The Morgan fingerprint density at radius 3 is 1.62 bits per heavy atom. The highest BCUT2D eigenvalue weighted by atomic mass is 32.3. The number of aromatic nitrogens is 6. The number of hydrogen-bond donors (Lipinski definition) is 8. The van der Waals surface area contributed by atoms with Crippen molar-refractivity contribution in [3.8, 4) is 0 Å². The van der Waals surface area contributed by atoms with Crippen LogP contribution in [0.3, 0.4) is 0 Å². The summed E-state index contributed by atoms with van der Waals surface area (Å²) in [6, 6.07) is -5.56. The summed E-state index contributed by atoms with van der Waals surface area (Å²) < 4.78 is 71.3. The zero-order chi connectivity index (χ0) is 39.9. The predicted molar refractivity (Wildman–Crippen MR) is 179 cm³/mol. The number of hydrogen-bond acceptors (Lipinski definition) is 17. The van der Waals surface area contributed by atoms with Crippen molar-refractivity contribution < 1.29 is 68.5 Å². The molecule has 2 aromatic heterocycles. The molecule has 28 heteroatoms. The third kappa shape index (κ3) is 16.9. The zero-order valence-corrected chi connectivity index (χ0v) is 30.8. The van der Waals surface area contributed by atoms with Gasteiger partial charge in [0.05, 0.1) is 49.7 Å². The Morgan fingerprint density at radius 2 is 1.19 bits per heavy atom. The third-order valence-electron chi connectivity index (χ3n) is 6.99. The highest BCUT2D eigenvalue weighted by Crippen LogP contribution is 2.11. The fourth-order valence-electron chi connectivity index (χ4n) is 4.35. The molecule has 0 bridgehead atoms. The molecule has 53 heavy (non-hydrogen) atoms. The average molecular weight is 817 g/mol. The Morgan fingerprint density at radius 1 is 0.755 bits per heavy atom. The maximum Gasteiger partial charge on any atom is 0.397 e. The molecule has 0 aliphatic carbocycles. The lowest BCUT2D eigenvalue weighted by atomic mass is 9.99. The lowest BCUT2D eigenvalue weighted by Gasteiger charge is -2.26. The summed E-state index contributed by atoms with van der Waals surface area (Å²) in [7, 11) is -7.99. The Bertz CT molecular complexity index is 1790. The van der Waals surface area contributed by atoms with E-state index in [2.05, 4.69) is 50.3 Å². The van der Waals surface area contributed by atoms with Crippen molar-refractivity contribution in [2.75, 3.05) is 32.3 Å². The van der Waals surface area contributed by atoms with Crippen LogP contribution in [0.5, 0.6) is 0 Å². The molecule has 25 nitrogen and oxygen atoms in total. The summed E-state index contributed by atoms with van der Waals surface area (Å²) in [4.78, 5) is 64.0. The Balaban J connectivity index is 2.29. The Hall–Kier alpha value is -4.32. The number of carboxylic acid groups (broad SMARTS) is 2. The molecule has 0 spiro atoms. The topological polar surface area (TPSA) is 363 Å². The minimum atomic E-state index is -4.73. The summed E-state index contributed by atoms with van der Waals surface area (Å²) in [5.41, 5.74) is 0.292. The van der Waals surface area contributed by atoms with Gasteiger partial charge in [-0.15, -0.1) is 10.2 Å². The fourth-order valence-corrected chi connectivity index (χ4v) is 5.48. The number of likely N-dealkylation sites (N-methyl/N-ethyl adjacent to an activating group) is 1. The van der Waals surface area contributed by atoms with Crippen LogP contribution in [0.4, 0.5) is 0 Å². The van der Waals surface area contributed by atoms with Crippen LogP contribution in [0.2, 0.25) is 0 Å². The number of carbonyl (C=O) groups is 5. The first-order chi connectivity index (χ1) is 24.7. The summed E-state index contributed by atoms with van der Waals surface area (Å²) in [5.74, 6) is -6.68. The second-order valence-electron chi connectivity index (χ2n) is 11.1. The van der Waals surface area contributed by atoms with E-state index in [1.807, 2.05) is 0 Å². The van der Waals surface area contributed by atoms with Gasteiger partial charge in [0, 0.05) is 31.0 Å². The van der Waals surface area contributed by atoms with Crippen LogP contribution in [0.25, 0.3) is 0 Å². The van der Waals surface area contributed by atoms with E-state index in [0.717, 1.165) is 16.4 Å². The van der Waals surface area contributed by atoms with Gasteiger partial charge in [-0.2, -0.15) is 28.6 Å². The maximum atomic E-state index is 13.7. The summed E-state index contributed by atoms with van der Waals surface area (Å²) in [6.45, 7) is -0.0526. The minimum Gasteiger partial charge on any atom is -0.481 e. The molecule has 0 saturated carbocycles. The van der Waals surface area contributed by atoms with Crippen LogP contribution < -0.4 is 21.3 Å².